The molecule has 1 aromatic heterocycles. The van der Waals surface area contributed by atoms with Gasteiger partial charge in [0.25, 0.3) is 5.91 Å². The molecule has 0 saturated heterocycles. The molecule has 3 N–H and O–H groups in total. The first-order valence-corrected chi connectivity index (χ1v) is 6.41. The Kier molecular flexibility index (Phi) is 4.47. The minimum absolute atomic E-state index is 0.256. The molecule has 0 aliphatic carbocycles. The van der Waals surface area contributed by atoms with Crippen molar-refractivity contribution in [1.29, 1.82) is 0 Å². The zero-order valence-corrected chi connectivity index (χ0v) is 11.3. The summed E-state index contributed by atoms with van der Waals surface area (Å²) in [5.74, 6) is -0.714. The van der Waals surface area contributed by atoms with Gasteiger partial charge in [0.2, 0.25) is 0 Å². The quantitative estimate of drug-likeness (QED) is 0.875. The minimum Gasteiger partial charge on any atom is -0.330 e. The molecular formula is C14H17FN4O. The molecule has 0 radical (unpaired) electrons. The number of aryl methyl sites for hydroxylation is 1. The van der Waals surface area contributed by atoms with Crippen molar-refractivity contribution < 1.29 is 9.18 Å². The van der Waals surface area contributed by atoms with Crippen molar-refractivity contribution in [3.05, 3.63) is 47.5 Å². The van der Waals surface area contributed by atoms with Gasteiger partial charge in [-0.1, -0.05) is 12.1 Å². The van der Waals surface area contributed by atoms with Crippen molar-refractivity contribution in [3.63, 3.8) is 0 Å². The molecule has 5 nitrogen and oxygen atoms in total. The number of anilines is 1. The molecule has 2 aromatic rings. The number of nitrogens with two attached hydrogens (primary N) is 1. The highest BCUT2D eigenvalue weighted by atomic mass is 19.1. The van der Waals surface area contributed by atoms with Crippen molar-refractivity contribution in [3.8, 4) is 0 Å². The van der Waals surface area contributed by atoms with Gasteiger partial charge in [-0.3, -0.25) is 9.89 Å². The number of hydrogen-bond acceptors (Lipinski definition) is 3. The van der Waals surface area contributed by atoms with E-state index in [0.29, 0.717) is 30.8 Å². The van der Waals surface area contributed by atoms with Crippen LogP contribution in [0, 0.1) is 12.7 Å². The number of carbonyl (C=O) groups is 1. The van der Waals surface area contributed by atoms with E-state index >= 15 is 0 Å². The summed E-state index contributed by atoms with van der Waals surface area (Å²) in [5, 5.41) is 6.54. The number of aromatic nitrogens is 2. The van der Waals surface area contributed by atoms with Gasteiger partial charge < -0.3 is 10.6 Å². The Balaban J connectivity index is 2.35. The molecule has 20 heavy (non-hydrogen) atoms. The molecule has 0 unspecified atom stereocenters. The average molecular weight is 276 g/mol. The molecule has 0 bridgehead atoms. The van der Waals surface area contributed by atoms with E-state index in [1.54, 1.807) is 25.1 Å². The second-order valence-electron chi connectivity index (χ2n) is 4.46. The number of H-pyrrole nitrogens is 1. The Morgan fingerprint density at radius 1 is 1.45 bits per heavy atom. The second-order valence-corrected chi connectivity index (χ2v) is 4.46. The van der Waals surface area contributed by atoms with Crippen LogP contribution < -0.4 is 10.6 Å². The number of nitrogens with one attached hydrogen (secondary N) is 1. The highest BCUT2D eigenvalue weighted by Crippen LogP contribution is 2.21. The number of para-hydroxylation sites is 1. The molecule has 1 aromatic carbocycles. The topological polar surface area (TPSA) is 75.0 Å². The summed E-state index contributed by atoms with van der Waals surface area (Å²) in [5.41, 5.74) is 6.84. The van der Waals surface area contributed by atoms with E-state index in [-0.39, 0.29) is 11.6 Å². The average Bonchev–Trinajstić information content (AvgIpc) is 2.87. The maximum Gasteiger partial charge on any atom is 0.261 e. The minimum atomic E-state index is -0.431. The molecule has 0 fully saturated rings. The Labute approximate surface area is 116 Å². The monoisotopic (exact) mass is 276 g/mol. The molecule has 1 amide bonds. The first-order valence-electron chi connectivity index (χ1n) is 6.41. The molecule has 2 rings (SSSR count). The first-order chi connectivity index (χ1) is 9.65. The van der Waals surface area contributed by atoms with E-state index in [0.717, 1.165) is 0 Å². The summed E-state index contributed by atoms with van der Waals surface area (Å²) >= 11 is 0. The molecule has 1 heterocycles. The van der Waals surface area contributed by atoms with Crippen molar-refractivity contribution in [2.45, 2.75) is 13.3 Å². The van der Waals surface area contributed by atoms with E-state index in [2.05, 4.69) is 10.2 Å². The van der Waals surface area contributed by atoms with Crippen LogP contribution in [-0.2, 0) is 0 Å². The zero-order chi connectivity index (χ0) is 14.5. The van der Waals surface area contributed by atoms with E-state index in [4.69, 9.17) is 5.73 Å². The highest BCUT2D eigenvalue weighted by molar-refractivity contribution is 6.06. The molecule has 106 valence electrons. The third-order valence-electron chi connectivity index (χ3n) is 3.03. The Morgan fingerprint density at radius 3 is 2.80 bits per heavy atom. The third-order valence-corrected chi connectivity index (χ3v) is 3.03. The van der Waals surface area contributed by atoms with E-state index in [9.17, 15) is 9.18 Å². The van der Waals surface area contributed by atoms with Gasteiger partial charge in [0.15, 0.2) is 0 Å². The van der Waals surface area contributed by atoms with Crippen LogP contribution in [-0.4, -0.2) is 29.2 Å². The lowest BCUT2D eigenvalue weighted by Crippen LogP contribution is -2.33. The Hall–Kier alpha value is -2.21. The summed E-state index contributed by atoms with van der Waals surface area (Å²) in [7, 11) is 0. The summed E-state index contributed by atoms with van der Waals surface area (Å²) < 4.78 is 13.9. The van der Waals surface area contributed by atoms with Crippen LogP contribution in [0.15, 0.2) is 30.5 Å². The maximum atomic E-state index is 13.9. The number of amides is 1. The van der Waals surface area contributed by atoms with E-state index < -0.39 is 5.82 Å². The fourth-order valence-corrected chi connectivity index (χ4v) is 1.96. The van der Waals surface area contributed by atoms with Crippen LogP contribution >= 0.6 is 0 Å². The summed E-state index contributed by atoms with van der Waals surface area (Å²) in [4.78, 5) is 13.9. The number of aromatic amines is 1. The predicted octanol–water partition coefficient (Wildman–Crippen LogP) is 1.85. The first kappa shape index (κ1) is 14.2. The lowest BCUT2D eigenvalue weighted by atomic mass is 10.2. The summed E-state index contributed by atoms with van der Waals surface area (Å²) in [6, 6.07) is 6.20. The van der Waals surface area contributed by atoms with Gasteiger partial charge in [-0.2, -0.15) is 5.10 Å². The molecule has 0 atom stereocenters. The van der Waals surface area contributed by atoms with Crippen molar-refractivity contribution >= 4 is 11.6 Å². The molecule has 0 aliphatic heterocycles. The Morgan fingerprint density at radius 2 is 2.20 bits per heavy atom. The van der Waals surface area contributed by atoms with Crippen molar-refractivity contribution in [2.75, 3.05) is 18.0 Å². The SMILES string of the molecule is Cc1[nH]ncc1C(=O)N(CCCN)c1ccccc1F. The van der Waals surface area contributed by atoms with Crippen molar-refractivity contribution in [1.82, 2.24) is 10.2 Å². The van der Waals surface area contributed by atoms with Crippen LogP contribution in [0.25, 0.3) is 0 Å². The maximum absolute atomic E-state index is 13.9. The lowest BCUT2D eigenvalue weighted by Gasteiger charge is -2.23. The number of benzene rings is 1. The third kappa shape index (κ3) is 2.85. The van der Waals surface area contributed by atoms with Gasteiger partial charge in [-0.25, -0.2) is 4.39 Å². The lowest BCUT2D eigenvalue weighted by molar-refractivity contribution is 0.0985. The van der Waals surface area contributed by atoms with Gasteiger partial charge in [0, 0.05) is 12.2 Å². The summed E-state index contributed by atoms with van der Waals surface area (Å²) in [6.45, 7) is 2.55. The van der Waals surface area contributed by atoms with Gasteiger partial charge >= 0.3 is 0 Å². The smallest absolute Gasteiger partial charge is 0.261 e. The van der Waals surface area contributed by atoms with Gasteiger partial charge in [0.1, 0.15) is 5.82 Å². The predicted molar refractivity (Wildman–Crippen MR) is 75.1 cm³/mol. The number of carbonyl (C=O) groups excluding carboxylic acids is 1. The van der Waals surface area contributed by atoms with Crippen molar-refractivity contribution in [2.24, 2.45) is 5.73 Å². The van der Waals surface area contributed by atoms with Crippen LogP contribution in [0.2, 0.25) is 0 Å². The van der Waals surface area contributed by atoms with E-state index in [1.165, 1.54) is 17.2 Å². The normalized spacial score (nSPS) is 10.6. The van der Waals surface area contributed by atoms with Crippen LogP contribution in [0.5, 0.6) is 0 Å². The molecular weight excluding hydrogens is 259 g/mol. The Bertz CT molecular complexity index is 596. The molecule has 0 saturated carbocycles. The second kappa shape index (κ2) is 6.29. The number of nitrogens with zero attached hydrogens (tertiary/aromatic N) is 2. The molecule has 0 spiro atoms. The van der Waals surface area contributed by atoms with E-state index in [1.807, 2.05) is 0 Å². The number of halogens is 1. The van der Waals surface area contributed by atoms with Crippen LogP contribution in [0.1, 0.15) is 22.5 Å². The summed E-state index contributed by atoms with van der Waals surface area (Å²) in [6.07, 6.45) is 2.05. The largest absolute Gasteiger partial charge is 0.330 e. The van der Waals surface area contributed by atoms with Crippen LogP contribution in [0.3, 0.4) is 0 Å². The van der Waals surface area contributed by atoms with Gasteiger partial charge in [-0.05, 0) is 32.0 Å². The fourth-order valence-electron chi connectivity index (χ4n) is 1.96. The van der Waals surface area contributed by atoms with Crippen LogP contribution in [0.4, 0.5) is 10.1 Å². The molecule has 6 heteroatoms. The fraction of sp³-hybridized carbons (Fsp3) is 0.286. The van der Waals surface area contributed by atoms with Gasteiger partial charge in [0.05, 0.1) is 17.4 Å². The highest BCUT2D eigenvalue weighted by Gasteiger charge is 2.22. The number of rotatable bonds is 5. The molecule has 0 aliphatic rings. The standard InChI is InChI=1S/C14H17FN4O/c1-10-11(9-17-18-10)14(20)19(8-4-7-16)13-6-3-2-5-12(13)15/h2-3,5-6,9H,4,7-8,16H2,1H3,(H,17,18). The van der Waals surface area contributed by atoms with Gasteiger partial charge in [-0.15, -0.1) is 0 Å². The number of hydrogen-bond donors (Lipinski definition) is 2. The zero-order valence-electron chi connectivity index (χ0n) is 11.3.